The van der Waals surface area contributed by atoms with Crippen LogP contribution >= 0.6 is 0 Å². The van der Waals surface area contributed by atoms with Gasteiger partial charge in [0.25, 0.3) is 0 Å². The molecule has 1 unspecified atom stereocenters. The Morgan fingerprint density at radius 1 is 1.62 bits per heavy atom. The van der Waals surface area contributed by atoms with Crippen molar-refractivity contribution in [2.45, 2.75) is 12.5 Å². The summed E-state index contributed by atoms with van der Waals surface area (Å²) < 4.78 is 5.63. The Morgan fingerprint density at radius 3 is 3.25 bits per heavy atom. The van der Waals surface area contributed by atoms with E-state index in [1.165, 1.54) is 0 Å². The lowest BCUT2D eigenvalue weighted by Gasteiger charge is -2.27. The molecule has 0 aromatic heterocycles. The van der Waals surface area contributed by atoms with Crippen LogP contribution in [0, 0.1) is 11.3 Å². The number of nitrogens with zero attached hydrogens (tertiary/aromatic N) is 1. The summed E-state index contributed by atoms with van der Waals surface area (Å²) in [5.41, 5.74) is 1.61. The van der Waals surface area contributed by atoms with Crippen LogP contribution in [-0.2, 0) is 0 Å². The molecule has 1 aromatic rings. The zero-order valence-corrected chi connectivity index (χ0v) is 9.29. The van der Waals surface area contributed by atoms with Crippen LogP contribution in [-0.4, -0.2) is 26.2 Å². The third-order valence-electron chi connectivity index (χ3n) is 2.65. The van der Waals surface area contributed by atoms with Gasteiger partial charge in [0.1, 0.15) is 12.4 Å². The molecule has 1 aliphatic rings. The fraction of sp³-hybridized carbons (Fsp3) is 0.417. The molecule has 0 saturated carbocycles. The number of hydrogen-bond donors (Lipinski definition) is 2. The van der Waals surface area contributed by atoms with Gasteiger partial charge in [-0.25, -0.2) is 0 Å². The third kappa shape index (κ3) is 2.26. The highest BCUT2D eigenvalue weighted by Crippen LogP contribution is 2.30. The Balaban J connectivity index is 2.07. The topological polar surface area (TPSA) is 57.1 Å². The second-order valence-electron chi connectivity index (χ2n) is 3.87. The number of rotatable bonds is 3. The lowest BCUT2D eigenvalue weighted by atomic mass is 10.1. The van der Waals surface area contributed by atoms with Crippen molar-refractivity contribution in [3.05, 3.63) is 23.8 Å². The Hall–Kier alpha value is -1.73. The van der Waals surface area contributed by atoms with Gasteiger partial charge in [0.2, 0.25) is 0 Å². The van der Waals surface area contributed by atoms with Crippen LogP contribution in [0.2, 0.25) is 0 Å². The van der Waals surface area contributed by atoms with Crippen molar-refractivity contribution >= 4 is 5.69 Å². The number of nitriles is 1. The van der Waals surface area contributed by atoms with E-state index in [4.69, 9.17) is 10.00 Å². The summed E-state index contributed by atoms with van der Waals surface area (Å²) in [7, 11) is 1.94. The first-order valence-corrected chi connectivity index (χ1v) is 5.41. The van der Waals surface area contributed by atoms with Crippen molar-refractivity contribution < 1.29 is 4.74 Å². The zero-order valence-electron chi connectivity index (χ0n) is 9.29. The smallest absolute Gasteiger partial charge is 0.143 e. The van der Waals surface area contributed by atoms with Gasteiger partial charge in [0.15, 0.2) is 0 Å². The Kier molecular flexibility index (Phi) is 3.28. The molecule has 1 heterocycles. The van der Waals surface area contributed by atoms with E-state index in [1.54, 1.807) is 12.1 Å². The predicted octanol–water partition coefficient (Wildman–Crippen LogP) is 1.34. The van der Waals surface area contributed by atoms with Crippen LogP contribution in [0.5, 0.6) is 5.75 Å². The van der Waals surface area contributed by atoms with E-state index in [0.29, 0.717) is 18.2 Å². The molecule has 1 aliphatic heterocycles. The first-order chi connectivity index (χ1) is 7.83. The van der Waals surface area contributed by atoms with E-state index in [1.807, 2.05) is 13.1 Å². The van der Waals surface area contributed by atoms with Gasteiger partial charge in [-0.1, -0.05) is 0 Å². The number of hydrogen-bond acceptors (Lipinski definition) is 4. The predicted molar refractivity (Wildman–Crippen MR) is 62.6 cm³/mol. The number of fused-ring (bicyclic) bond motifs is 1. The van der Waals surface area contributed by atoms with E-state index in [-0.39, 0.29) is 0 Å². The van der Waals surface area contributed by atoms with E-state index in [9.17, 15) is 0 Å². The molecule has 0 amide bonds. The van der Waals surface area contributed by atoms with E-state index in [2.05, 4.69) is 16.7 Å². The van der Waals surface area contributed by atoms with Crippen molar-refractivity contribution in [1.82, 2.24) is 5.32 Å². The van der Waals surface area contributed by atoms with Crippen molar-refractivity contribution in [2.75, 3.05) is 25.5 Å². The van der Waals surface area contributed by atoms with Crippen molar-refractivity contribution in [1.29, 1.82) is 5.26 Å². The van der Waals surface area contributed by atoms with Crippen molar-refractivity contribution in [2.24, 2.45) is 0 Å². The van der Waals surface area contributed by atoms with Crippen LogP contribution in [0.4, 0.5) is 5.69 Å². The average molecular weight is 217 g/mol. The number of benzene rings is 1. The molecule has 84 valence electrons. The molecule has 4 heteroatoms. The molecule has 4 nitrogen and oxygen atoms in total. The fourth-order valence-corrected chi connectivity index (χ4v) is 1.76. The quantitative estimate of drug-likeness (QED) is 0.802. The van der Waals surface area contributed by atoms with Crippen LogP contribution in [0.3, 0.4) is 0 Å². The minimum absolute atomic E-state index is 0.341. The normalized spacial score (nSPS) is 17.9. The van der Waals surface area contributed by atoms with Crippen LogP contribution in [0.25, 0.3) is 0 Å². The van der Waals surface area contributed by atoms with Gasteiger partial charge in [-0.15, -0.1) is 0 Å². The molecule has 0 radical (unpaired) electrons. The van der Waals surface area contributed by atoms with Crippen LogP contribution in [0.15, 0.2) is 18.2 Å². The van der Waals surface area contributed by atoms with Crippen molar-refractivity contribution in [3.63, 3.8) is 0 Å². The molecule has 0 spiro atoms. The first kappa shape index (κ1) is 10.8. The SMILES string of the molecule is CNCCC1COc2cc(C#N)ccc2N1. The summed E-state index contributed by atoms with van der Waals surface area (Å²) >= 11 is 0. The van der Waals surface area contributed by atoms with Gasteiger partial charge in [-0.05, 0) is 32.1 Å². The zero-order chi connectivity index (χ0) is 11.4. The molecule has 0 bridgehead atoms. The van der Waals surface area contributed by atoms with E-state index < -0.39 is 0 Å². The number of nitrogens with one attached hydrogen (secondary N) is 2. The highest BCUT2D eigenvalue weighted by Gasteiger charge is 2.18. The highest BCUT2D eigenvalue weighted by molar-refractivity contribution is 5.61. The van der Waals surface area contributed by atoms with Crippen LogP contribution in [0.1, 0.15) is 12.0 Å². The van der Waals surface area contributed by atoms with Crippen LogP contribution < -0.4 is 15.4 Å². The maximum atomic E-state index is 8.77. The molecule has 0 saturated heterocycles. The standard InChI is InChI=1S/C12H15N3O/c1-14-5-4-10-8-16-12-6-9(7-13)2-3-11(12)15-10/h2-3,6,10,14-15H,4-5,8H2,1H3. The number of anilines is 1. The summed E-state index contributed by atoms with van der Waals surface area (Å²) in [6.45, 7) is 1.62. The van der Waals surface area contributed by atoms with Gasteiger partial charge >= 0.3 is 0 Å². The fourth-order valence-electron chi connectivity index (χ4n) is 1.76. The summed E-state index contributed by atoms with van der Waals surface area (Å²) in [5, 5.41) is 15.3. The molecule has 0 fully saturated rings. The van der Waals surface area contributed by atoms with Gasteiger partial charge in [0, 0.05) is 6.07 Å². The molecule has 1 aromatic carbocycles. The first-order valence-electron chi connectivity index (χ1n) is 5.41. The largest absolute Gasteiger partial charge is 0.489 e. The van der Waals surface area contributed by atoms with Gasteiger partial charge in [-0.3, -0.25) is 0 Å². The second-order valence-corrected chi connectivity index (χ2v) is 3.87. The van der Waals surface area contributed by atoms with E-state index in [0.717, 1.165) is 24.4 Å². The minimum Gasteiger partial charge on any atom is -0.489 e. The second kappa shape index (κ2) is 4.86. The maximum Gasteiger partial charge on any atom is 0.143 e. The molecular formula is C12H15N3O. The Labute approximate surface area is 95.2 Å². The molecule has 2 rings (SSSR count). The summed E-state index contributed by atoms with van der Waals surface area (Å²) in [4.78, 5) is 0. The Morgan fingerprint density at radius 2 is 2.50 bits per heavy atom. The van der Waals surface area contributed by atoms with E-state index >= 15 is 0 Å². The molecule has 16 heavy (non-hydrogen) atoms. The molecule has 1 atom stereocenters. The lowest BCUT2D eigenvalue weighted by molar-refractivity contribution is 0.278. The molecular weight excluding hydrogens is 202 g/mol. The van der Waals surface area contributed by atoms with Gasteiger partial charge in [0.05, 0.1) is 23.4 Å². The summed E-state index contributed by atoms with van der Waals surface area (Å²) in [5.74, 6) is 0.778. The average Bonchev–Trinajstić information content (AvgIpc) is 2.35. The summed E-state index contributed by atoms with van der Waals surface area (Å²) in [6, 6.07) is 7.92. The van der Waals surface area contributed by atoms with Crippen molar-refractivity contribution in [3.8, 4) is 11.8 Å². The monoisotopic (exact) mass is 217 g/mol. The maximum absolute atomic E-state index is 8.77. The summed E-state index contributed by atoms with van der Waals surface area (Å²) in [6.07, 6.45) is 1.02. The minimum atomic E-state index is 0.341. The third-order valence-corrected chi connectivity index (χ3v) is 2.65. The number of ether oxygens (including phenoxy) is 1. The van der Waals surface area contributed by atoms with Gasteiger partial charge < -0.3 is 15.4 Å². The highest BCUT2D eigenvalue weighted by atomic mass is 16.5. The molecule has 0 aliphatic carbocycles. The Bertz CT molecular complexity index is 411. The van der Waals surface area contributed by atoms with Gasteiger partial charge in [-0.2, -0.15) is 5.26 Å². The lowest BCUT2D eigenvalue weighted by Crippen LogP contribution is -2.33. The molecule has 2 N–H and O–H groups in total.